The Kier molecular flexibility index (Phi) is 12.8. The third kappa shape index (κ3) is 7.45. The van der Waals surface area contributed by atoms with Gasteiger partial charge in [-0.3, -0.25) is 0 Å². The molecule has 4 heterocycles. The second kappa shape index (κ2) is 15.6. The van der Waals surface area contributed by atoms with Crippen molar-refractivity contribution in [1.82, 2.24) is 0 Å². The van der Waals surface area contributed by atoms with E-state index < -0.39 is 149 Å². The first kappa shape index (κ1) is 37.0. The van der Waals surface area contributed by atoms with E-state index in [0.29, 0.717) is 0 Å². The van der Waals surface area contributed by atoms with Crippen LogP contribution in [-0.4, -0.2) is 210 Å². The highest BCUT2D eigenvalue weighted by Gasteiger charge is 2.54. The normalized spacial score (nSPS) is 52.9. The highest BCUT2D eigenvalue weighted by atomic mass is 16.8. The fraction of sp³-hybridized carbons (Fsp3) is 1.00. The van der Waals surface area contributed by atoms with Gasteiger partial charge in [0.1, 0.15) is 79.4 Å². The molecule has 20 heteroatoms. The number of ether oxygens (including phenoxy) is 7. The summed E-state index contributed by atoms with van der Waals surface area (Å²) in [6.45, 7) is -1.53. The van der Waals surface area contributed by atoms with Gasteiger partial charge in [0.05, 0.1) is 38.6 Å². The highest BCUT2D eigenvalue weighted by Crippen LogP contribution is 2.34. The lowest BCUT2D eigenvalue weighted by molar-refractivity contribution is -0.386. The van der Waals surface area contributed by atoms with Gasteiger partial charge < -0.3 is 99.5 Å². The first-order valence-corrected chi connectivity index (χ1v) is 14.4. The second-order valence-electron chi connectivity index (χ2n) is 11.5. The quantitative estimate of drug-likeness (QED) is 0.103. The molecule has 16 unspecified atom stereocenters. The molecule has 20 nitrogen and oxygen atoms in total. The molecule has 0 spiro atoms. The molecule has 4 rings (SSSR count). The summed E-state index contributed by atoms with van der Waals surface area (Å²) in [4.78, 5) is 0. The molecule has 4 aliphatic rings. The molecular formula is C25H44O20. The zero-order chi connectivity index (χ0) is 33.3. The molecule has 45 heavy (non-hydrogen) atoms. The van der Waals surface area contributed by atoms with Crippen LogP contribution in [-0.2, 0) is 33.2 Å². The summed E-state index contributed by atoms with van der Waals surface area (Å²) in [6.07, 6.45) is -31.8. The molecule has 20 atom stereocenters. The monoisotopic (exact) mass is 664 g/mol. The van der Waals surface area contributed by atoms with Crippen molar-refractivity contribution in [2.75, 3.05) is 26.4 Å². The Labute approximate surface area is 256 Å². The first-order valence-electron chi connectivity index (χ1n) is 14.4. The van der Waals surface area contributed by atoms with Crippen LogP contribution in [0, 0.1) is 5.92 Å². The van der Waals surface area contributed by atoms with Crippen LogP contribution in [0.3, 0.4) is 0 Å². The van der Waals surface area contributed by atoms with E-state index in [9.17, 15) is 66.4 Å². The van der Waals surface area contributed by atoms with Crippen molar-refractivity contribution in [2.45, 2.75) is 124 Å². The van der Waals surface area contributed by atoms with Crippen LogP contribution in [0.5, 0.6) is 0 Å². The third-order valence-corrected chi connectivity index (χ3v) is 8.60. The van der Waals surface area contributed by atoms with Crippen LogP contribution in [0.15, 0.2) is 0 Å². The Morgan fingerprint density at radius 3 is 1.09 bits per heavy atom. The van der Waals surface area contributed by atoms with Crippen molar-refractivity contribution < 1.29 is 99.5 Å². The maximum Gasteiger partial charge on any atom is 0.187 e. The molecule has 0 aromatic rings. The standard InChI is InChI=1S/C25H44O20/c1-6-7(2-26)40-23(16(35)11(6)30)44-20-9(4-28)42-25(18(37)13(20)32)45-21-10(5-29)41-24(17(36)14(21)33)43-19-8(3-27)39-22(38)15(34)12(19)31/h6-38H,2-5H2,1H3/t6?,7?,8-,9-,10?,11?,12?,13?,14?,15?,16?,17?,18?,19?,20?,21?,22+,23?,24?,25-/m0/s1. The number of hydrogen-bond acceptors (Lipinski definition) is 20. The number of aliphatic hydroxyl groups is 13. The molecular weight excluding hydrogens is 620 g/mol. The van der Waals surface area contributed by atoms with Gasteiger partial charge in [-0.2, -0.15) is 0 Å². The molecule has 0 aromatic carbocycles. The number of aliphatic hydroxyl groups excluding tert-OH is 13. The average Bonchev–Trinajstić information content (AvgIpc) is 3.03. The predicted molar refractivity (Wildman–Crippen MR) is 137 cm³/mol. The summed E-state index contributed by atoms with van der Waals surface area (Å²) in [7, 11) is 0. The van der Waals surface area contributed by atoms with Crippen molar-refractivity contribution >= 4 is 0 Å². The van der Waals surface area contributed by atoms with Gasteiger partial charge >= 0.3 is 0 Å². The number of hydrogen-bond donors (Lipinski definition) is 13. The molecule has 0 bridgehead atoms. The maximum atomic E-state index is 10.9. The van der Waals surface area contributed by atoms with Crippen LogP contribution < -0.4 is 0 Å². The maximum absolute atomic E-state index is 10.9. The van der Waals surface area contributed by atoms with Crippen molar-refractivity contribution in [2.24, 2.45) is 5.92 Å². The van der Waals surface area contributed by atoms with Crippen LogP contribution in [0.25, 0.3) is 0 Å². The first-order chi connectivity index (χ1) is 21.3. The summed E-state index contributed by atoms with van der Waals surface area (Å²) in [5, 5.41) is 133. The van der Waals surface area contributed by atoms with E-state index in [4.69, 9.17) is 33.2 Å². The zero-order valence-corrected chi connectivity index (χ0v) is 24.0. The molecule has 13 N–H and O–H groups in total. The van der Waals surface area contributed by atoms with Gasteiger partial charge in [-0.25, -0.2) is 0 Å². The topological polar surface area (TPSA) is 328 Å². The van der Waals surface area contributed by atoms with E-state index in [-0.39, 0.29) is 0 Å². The summed E-state index contributed by atoms with van der Waals surface area (Å²) in [5.74, 6) is -0.685. The van der Waals surface area contributed by atoms with E-state index in [1.807, 2.05) is 0 Å². The van der Waals surface area contributed by atoms with Gasteiger partial charge in [0.2, 0.25) is 0 Å². The largest absolute Gasteiger partial charge is 0.394 e. The van der Waals surface area contributed by atoms with Crippen molar-refractivity contribution in [3.63, 3.8) is 0 Å². The van der Waals surface area contributed by atoms with Gasteiger partial charge in [-0.15, -0.1) is 0 Å². The van der Waals surface area contributed by atoms with Crippen LogP contribution in [0.2, 0.25) is 0 Å². The highest BCUT2D eigenvalue weighted by molar-refractivity contribution is 4.97. The summed E-state index contributed by atoms with van der Waals surface area (Å²) in [6, 6.07) is 0. The fourth-order valence-electron chi connectivity index (χ4n) is 5.76. The Hall–Kier alpha value is -0.800. The van der Waals surface area contributed by atoms with E-state index in [1.54, 1.807) is 0 Å². The van der Waals surface area contributed by atoms with Crippen LogP contribution >= 0.6 is 0 Å². The van der Waals surface area contributed by atoms with Crippen molar-refractivity contribution in [3.05, 3.63) is 0 Å². The molecule has 4 fully saturated rings. The molecule has 4 saturated heterocycles. The van der Waals surface area contributed by atoms with Crippen molar-refractivity contribution in [1.29, 1.82) is 0 Å². The summed E-state index contributed by atoms with van der Waals surface area (Å²) >= 11 is 0. The molecule has 0 aromatic heterocycles. The SMILES string of the molecule is CC1C(CO)OC(OC2C(O)C(O)[C@H](OC3C(CO)OC(OC4C(O)C(O)[C@H](O)O[C@H]4CO)C(O)C3O)O[C@H]2CO)C(O)C1O. The lowest BCUT2D eigenvalue weighted by atomic mass is 9.91. The fourth-order valence-corrected chi connectivity index (χ4v) is 5.76. The smallest absolute Gasteiger partial charge is 0.187 e. The molecule has 0 saturated carbocycles. The Morgan fingerprint density at radius 2 is 0.711 bits per heavy atom. The van der Waals surface area contributed by atoms with E-state index in [1.165, 1.54) is 6.92 Å². The van der Waals surface area contributed by atoms with Gasteiger partial charge in [0.25, 0.3) is 0 Å². The third-order valence-electron chi connectivity index (χ3n) is 8.60. The molecule has 0 aliphatic carbocycles. The zero-order valence-electron chi connectivity index (χ0n) is 24.0. The lowest BCUT2D eigenvalue weighted by Gasteiger charge is -2.49. The molecule has 0 radical (unpaired) electrons. The minimum Gasteiger partial charge on any atom is -0.394 e. The second-order valence-corrected chi connectivity index (χ2v) is 11.5. The Morgan fingerprint density at radius 1 is 0.400 bits per heavy atom. The van der Waals surface area contributed by atoms with E-state index in [0.717, 1.165) is 0 Å². The van der Waals surface area contributed by atoms with Gasteiger partial charge in [-0.1, -0.05) is 6.92 Å². The average molecular weight is 665 g/mol. The van der Waals surface area contributed by atoms with E-state index >= 15 is 0 Å². The van der Waals surface area contributed by atoms with E-state index in [2.05, 4.69) is 0 Å². The van der Waals surface area contributed by atoms with Crippen molar-refractivity contribution in [3.8, 4) is 0 Å². The number of rotatable bonds is 10. The summed E-state index contributed by atoms with van der Waals surface area (Å²) in [5.41, 5.74) is 0. The predicted octanol–water partition coefficient (Wildman–Crippen LogP) is -8.47. The molecule has 0 amide bonds. The summed E-state index contributed by atoms with van der Waals surface area (Å²) < 4.78 is 38.2. The molecule has 4 aliphatic heterocycles. The van der Waals surface area contributed by atoms with Crippen LogP contribution in [0.1, 0.15) is 6.92 Å². The minimum absolute atomic E-state index is 0.534. The Bertz CT molecular complexity index is 910. The molecule has 264 valence electrons. The lowest BCUT2D eigenvalue weighted by Crippen LogP contribution is -2.67. The van der Waals surface area contributed by atoms with Crippen LogP contribution in [0.4, 0.5) is 0 Å². The van der Waals surface area contributed by atoms with Gasteiger partial charge in [-0.05, 0) is 0 Å². The van der Waals surface area contributed by atoms with Gasteiger partial charge in [0.15, 0.2) is 25.2 Å². The Balaban J connectivity index is 1.43. The van der Waals surface area contributed by atoms with Gasteiger partial charge in [0, 0.05) is 5.92 Å². The minimum atomic E-state index is -1.98.